The van der Waals surface area contributed by atoms with Crippen molar-refractivity contribution in [1.82, 2.24) is 5.32 Å². The van der Waals surface area contributed by atoms with Crippen LogP contribution in [0.4, 0.5) is 10.5 Å². The summed E-state index contributed by atoms with van der Waals surface area (Å²) in [6, 6.07) is 5.09. The molecule has 0 saturated heterocycles. The molecule has 2 N–H and O–H groups in total. The first-order valence-electron chi connectivity index (χ1n) is 6.85. The fourth-order valence-corrected chi connectivity index (χ4v) is 2.30. The van der Waals surface area contributed by atoms with Gasteiger partial charge in [-0.05, 0) is 30.6 Å². The maximum absolute atomic E-state index is 12.1. The number of hydrogen-bond acceptors (Lipinski definition) is 6. The Morgan fingerprint density at radius 1 is 1.17 bits per heavy atom. The summed E-state index contributed by atoms with van der Waals surface area (Å²) in [4.78, 5) is 35.4. The van der Waals surface area contributed by atoms with E-state index < -0.39 is 24.0 Å². The first-order chi connectivity index (χ1) is 11.0. The van der Waals surface area contributed by atoms with E-state index in [9.17, 15) is 14.4 Å². The third-order valence-corrected chi connectivity index (χ3v) is 3.63. The number of amides is 2. The summed E-state index contributed by atoms with van der Waals surface area (Å²) in [5.41, 5.74) is 0.522. The summed E-state index contributed by atoms with van der Waals surface area (Å²) in [7, 11) is 2.52. The van der Waals surface area contributed by atoms with E-state index in [1.54, 1.807) is 30.0 Å². The molecule has 0 aliphatic carbocycles. The van der Waals surface area contributed by atoms with Crippen molar-refractivity contribution >= 4 is 35.4 Å². The molecule has 8 heteroatoms. The van der Waals surface area contributed by atoms with Crippen molar-refractivity contribution in [3.8, 4) is 0 Å². The summed E-state index contributed by atoms with van der Waals surface area (Å²) in [6.07, 6.45) is 2.35. The Labute approximate surface area is 139 Å². The van der Waals surface area contributed by atoms with E-state index >= 15 is 0 Å². The standard InChI is InChI=1S/C15H20N2O5S/c1-21-13(18)10-6-4-5-7-11(10)16-15(20)17-12(8-9-23-3)14(19)22-2/h4-7,12H,8-9H2,1-3H3,(H2,16,17,20). The quantitative estimate of drug-likeness (QED) is 0.736. The number of carbonyl (C=O) groups excluding carboxylic acids is 3. The van der Waals surface area contributed by atoms with Gasteiger partial charge < -0.3 is 20.1 Å². The number of benzene rings is 1. The molecule has 126 valence electrons. The summed E-state index contributed by atoms with van der Waals surface area (Å²) in [6.45, 7) is 0. The van der Waals surface area contributed by atoms with Crippen molar-refractivity contribution < 1.29 is 23.9 Å². The van der Waals surface area contributed by atoms with E-state index in [-0.39, 0.29) is 5.56 Å². The van der Waals surface area contributed by atoms with Gasteiger partial charge in [-0.2, -0.15) is 11.8 Å². The van der Waals surface area contributed by atoms with E-state index in [1.807, 2.05) is 6.26 Å². The lowest BCUT2D eigenvalue weighted by Gasteiger charge is -2.17. The van der Waals surface area contributed by atoms with Gasteiger partial charge in [0.15, 0.2) is 0 Å². The van der Waals surface area contributed by atoms with Gasteiger partial charge in [-0.25, -0.2) is 14.4 Å². The van der Waals surface area contributed by atoms with Crippen LogP contribution in [0, 0.1) is 0 Å². The smallest absolute Gasteiger partial charge is 0.339 e. The van der Waals surface area contributed by atoms with Crippen LogP contribution in [0.25, 0.3) is 0 Å². The van der Waals surface area contributed by atoms with Crippen LogP contribution >= 0.6 is 11.8 Å². The van der Waals surface area contributed by atoms with Gasteiger partial charge in [0.25, 0.3) is 0 Å². The largest absolute Gasteiger partial charge is 0.467 e. The molecule has 1 rings (SSSR count). The highest BCUT2D eigenvalue weighted by molar-refractivity contribution is 7.98. The average molecular weight is 340 g/mol. The maximum atomic E-state index is 12.1. The molecule has 0 aliphatic rings. The molecule has 1 atom stereocenters. The topological polar surface area (TPSA) is 93.7 Å². The zero-order chi connectivity index (χ0) is 17.2. The van der Waals surface area contributed by atoms with Crippen LogP contribution in [0.2, 0.25) is 0 Å². The van der Waals surface area contributed by atoms with Crippen LogP contribution in [-0.2, 0) is 14.3 Å². The number of esters is 2. The maximum Gasteiger partial charge on any atom is 0.339 e. The molecule has 2 amide bonds. The molecule has 23 heavy (non-hydrogen) atoms. The molecule has 7 nitrogen and oxygen atoms in total. The van der Waals surface area contributed by atoms with E-state index in [2.05, 4.69) is 20.1 Å². The zero-order valence-corrected chi connectivity index (χ0v) is 14.1. The van der Waals surface area contributed by atoms with Crippen molar-refractivity contribution in [2.75, 3.05) is 31.5 Å². The molecule has 1 aromatic carbocycles. The van der Waals surface area contributed by atoms with Crippen molar-refractivity contribution in [2.45, 2.75) is 12.5 Å². The fourth-order valence-electron chi connectivity index (χ4n) is 1.82. The van der Waals surface area contributed by atoms with Gasteiger partial charge in [-0.1, -0.05) is 12.1 Å². The highest BCUT2D eigenvalue weighted by Gasteiger charge is 2.22. The summed E-state index contributed by atoms with van der Waals surface area (Å²) >= 11 is 1.56. The Kier molecular flexibility index (Phi) is 7.96. The highest BCUT2D eigenvalue weighted by atomic mass is 32.2. The monoisotopic (exact) mass is 340 g/mol. The fraction of sp³-hybridized carbons (Fsp3) is 0.400. The van der Waals surface area contributed by atoms with E-state index in [0.29, 0.717) is 17.9 Å². The number of para-hydroxylation sites is 1. The third kappa shape index (κ3) is 5.82. The number of nitrogens with one attached hydrogen (secondary N) is 2. The number of thioether (sulfide) groups is 1. The van der Waals surface area contributed by atoms with Crippen LogP contribution in [0.1, 0.15) is 16.8 Å². The predicted octanol–water partition coefficient (Wildman–Crippen LogP) is 1.89. The minimum Gasteiger partial charge on any atom is -0.467 e. The Morgan fingerprint density at radius 3 is 2.48 bits per heavy atom. The van der Waals surface area contributed by atoms with Crippen molar-refractivity contribution in [2.24, 2.45) is 0 Å². The zero-order valence-electron chi connectivity index (χ0n) is 13.3. The molecule has 0 aliphatic heterocycles. The van der Waals surface area contributed by atoms with Gasteiger partial charge in [0.1, 0.15) is 6.04 Å². The number of ether oxygens (including phenoxy) is 2. The Balaban J connectivity index is 2.78. The number of rotatable bonds is 7. The SMILES string of the molecule is COC(=O)c1ccccc1NC(=O)NC(CCSC)C(=O)OC. The summed E-state index contributed by atoms with van der Waals surface area (Å²) in [5.74, 6) is -0.387. The van der Waals surface area contributed by atoms with Gasteiger partial charge in [0.05, 0.1) is 25.5 Å². The van der Waals surface area contributed by atoms with Crippen molar-refractivity contribution in [1.29, 1.82) is 0 Å². The number of hydrogen-bond donors (Lipinski definition) is 2. The molecule has 0 spiro atoms. The van der Waals surface area contributed by atoms with Crippen LogP contribution < -0.4 is 10.6 Å². The van der Waals surface area contributed by atoms with Gasteiger partial charge in [0.2, 0.25) is 0 Å². The minimum absolute atomic E-state index is 0.226. The van der Waals surface area contributed by atoms with Gasteiger partial charge in [-0.3, -0.25) is 0 Å². The molecule has 0 radical (unpaired) electrons. The lowest BCUT2D eigenvalue weighted by atomic mass is 10.2. The van der Waals surface area contributed by atoms with Crippen LogP contribution in [0.5, 0.6) is 0 Å². The van der Waals surface area contributed by atoms with Crippen LogP contribution in [0.3, 0.4) is 0 Å². The molecule has 0 heterocycles. The number of carbonyl (C=O) groups is 3. The summed E-state index contributed by atoms with van der Waals surface area (Å²) in [5, 5.41) is 5.09. The van der Waals surface area contributed by atoms with E-state index in [0.717, 1.165) is 0 Å². The Morgan fingerprint density at radius 2 is 1.87 bits per heavy atom. The summed E-state index contributed by atoms with van der Waals surface area (Å²) < 4.78 is 9.34. The molecule has 1 aromatic rings. The molecule has 1 unspecified atom stereocenters. The average Bonchev–Trinajstić information content (AvgIpc) is 2.57. The second-order valence-corrected chi connectivity index (χ2v) is 5.48. The minimum atomic E-state index is -0.752. The van der Waals surface area contributed by atoms with Gasteiger partial charge in [-0.15, -0.1) is 0 Å². The number of methoxy groups -OCH3 is 2. The van der Waals surface area contributed by atoms with Crippen molar-refractivity contribution in [3.05, 3.63) is 29.8 Å². The predicted molar refractivity (Wildman–Crippen MR) is 88.7 cm³/mol. The van der Waals surface area contributed by atoms with Crippen molar-refractivity contribution in [3.63, 3.8) is 0 Å². The lowest BCUT2D eigenvalue weighted by Crippen LogP contribution is -2.44. The molecule has 0 bridgehead atoms. The van der Waals surface area contributed by atoms with Gasteiger partial charge in [0, 0.05) is 0 Å². The van der Waals surface area contributed by atoms with E-state index in [1.165, 1.54) is 20.3 Å². The Hall–Kier alpha value is -2.22. The highest BCUT2D eigenvalue weighted by Crippen LogP contribution is 2.16. The second kappa shape index (κ2) is 9.73. The first kappa shape index (κ1) is 18.8. The normalized spacial score (nSPS) is 11.3. The number of anilines is 1. The Bertz CT molecular complexity index is 565. The molecular formula is C15H20N2O5S. The molecular weight excluding hydrogens is 320 g/mol. The number of urea groups is 1. The molecule has 0 fully saturated rings. The second-order valence-electron chi connectivity index (χ2n) is 4.49. The van der Waals surface area contributed by atoms with E-state index in [4.69, 9.17) is 0 Å². The van der Waals surface area contributed by atoms with Crippen LogP contribution in [0.15, 0.2) is 24.3 Å². The molecule has 0 saturated carbocycles. The first-order valence-corrected chi connectivity index (χ1v) is 8.24. The van der Waals surface area contributed by atoms with Gasteiger partial charge >= 0.3 is 18.0 Å². The third-order valence-electron chi connectivity index (χ3n) is 2.98. The van der Waals surface area contributed by atoms with Crippen LogP contribution in [-0.4, -0.2) is 50.2 Å². The lowest BCUT2D eigenvalue weighted by molar-refractivity contribution is -0.142. The molecule has 0 aromatic heterocycles.